The third kappa shape index (κ3) is 3.20. The molecule has 1 aromatic carbocycles. The zero-order valence-electron chi connectivity index (χ0n) is 11.1. The van der Waals surface area contributed by atoms with Crippen LogP contribution in [0.15, 0.2) is 29.4 Å². The summed E-state index contributed by atoms with van der Waals surface area (Å²) in [4.78, 5) is 0. The molecule has 6 heteroatoms. The van der Waals surface area contributed by atoms with E-state index in [2.05, 4.69) is 24.0 Å². The van der Waals surface area contributed by atoms with Crippen molar-refractivity contribution >= 4 is 11.8 Å². The second kappa shape index (κ2) is 5.97. The number of nitrogens with two attached hydrogens (primary N) is 1. The molecule has 3 N–H and O–H groups in total. The van der Waals surface area contributed by atoms with Crippen LogP contribution in [0.25, 0.3) is 11.4 Å². The molecule has 0 aliphatic rings. The van der Waals surface area contributed by atoms with Crippen LogP contribution < -0.4 is 5.84 Å². The molecule has 0 spiro atoms. The number of hydrogen-bond acceptors (Lipinski definition) is 5. The summed E-state index contributed by atoms with van der Waals surface area (Å²) in [6.07, 6.45) is 1.10. The molecule has 19 heavy (non-hydrogen) atoms. The average molecular weight is 278 g/mol. The predicted octanol–water partition coefficient (Wildman–Crippen LogP) is 2.50. The van der Waals surface area contributed by atoms with Gasteiger partial charge in [-0.1, -0.05) is 37.7 Å². The highest BCUT2D eigenvalue weighted by molar-refractivity contribution is 7.99. The number of nitrogen functional groups attached to an aromatic ring is 1. The summed E-state index contributed by atoms with van der Waals surface area (Å²) in [6, 6.07) is 6.96. The highest BCUT2D eigenvalue weighted by Gasteiger charge is 2.14. The average Bonchev–Trinajstić information content (AvgIpc) is 2.72. The predicted molar refractivity (Wildman–Crippen MR) is 77.5 cm³/mol. The van der Waals surface area contributed by atoms with Crippen molar-refractivity contribution in [2.75, 3.05) is 11.6 Å². The Labute approximate surface area is 116 Å². The van der Waals surface area contributed by atoms with Crippen molar-refractivity contribution in [3.63, 3.8) is 0 Å². The van der Waals surface area contributed by atoms with Crippen molar-refractivity contribution in [2.45, 2.75) is 25.4 Å². The molecule has 0 amide bonds. The molecule has 0 saturated carbocycles. The van der Waals surface area contributed by atoms with Crippen LogP contribution in [0.2, 0.25) is 0 Å². The van der Waals surface area contributed by atoms with Gasteiger partial charge in [-0.2, -0.15) is 0 Å². The SMILES string of the molecule is CC(C)CCSc1nnc(-c2ccccc2O)n1N. The summed E-state index contributed by atoms with van der Waals surface area (Å²) < 4.78 is 1.43. The van der Waals surface area contributed by atoms with E-state index < -0.39 is 0 Å². The van der Waals surface area contributed by atoms with Crippen LogP contribution in [-0.2, 0) is 0 Å². The second-order valence-corrected chi connectivity index (χ2v) is 5.79. The third-order valence-corrected chi connectivity index (χ3v) is 3.71. The summed E-state index contributed by atoms with van der Waals surface area (Å²) >= 11 is 1.58. The lowest BCUT2D eigenvalue weighted by molar-refractivity contribution is 0.476. The van der Waals surface area contributed by atoms with Gasteiger partial charge in [-0.05, 0) is 24.5 Å². The molecule has 0 radical (unpaired) electrons. The number of aromatic hydroxyl groups is 1. The Kier molecular flexibility index (Phi) is 4.31. The molecule has 1 aromatic heterocycles. The highest BCUT2D eigenvalue weighted by Crippen LogP contribution is 2.28. The standard InChI is InChI=1S/C13H18N4OS/c1-9(2)7-8-19-13-16-15-12(17(13)14)10-5-3-4-6-11(10)18/h3-6,9,18H,7-8,14H2,1-2H3. The minimum Gasteiger partial charge on any atom is -0.507 e. The summed E-state index contributed by atoms with van der Waals surface area (Å²) in [7, 11) is 0. The molecule has 102 valence electrons. The van der Waals surface area contributed by atoms with Crippen molar-refractivity contribution in [2.24, 2.45) is 5.92 Å². The monoisotopic (exact) mass is 278 g/mol. The molecule has 0 saturated heterocycles. The van der Waals surface area contributed by atoms with Crippen LogP contribution in [-0.4, -0.2) is 25.7 Å². The number of aromatic nitrogens is 3. The molecule has 5 nitrogen and oxygen atoms in total. The van der Waals surface area contributed by atoms with Crippen molar-refractivity contribution in [1.82, 2.24) is 14.9 Å². The van der Waals surface area contributed by atoms with E-state index in [1.165, 1.54) is 4.68 Å². The first-order chi connectivity index (χ1) is 9.09. The zero-order valence-corrected chi connectivity index (χ0v) is 11.9. The van der Waals surface area contributed by atoms with Crippen LogP contribution in [0.5, 0.6) is 5.75 Å². The van der Waals surface area contributed by atoms with Gasteiger partial charge in [-0.15, -0.1) is 10.2 Å². The lowest BCUT2D eigenvalue weighted by Crippen LogP contribution is -2.11. The zero-order chi connectivity index (χ0) is 13.8. The van der Waals surface area contributed by atoms with E-state index >= 15 is 0 Å². The molecule has 0 aliphatic carbocycles. The van der Waals surface area contributed by atoms with Crippen LogP contribution in [0.3, 0.4) is 0 Å². The van der Waals surface area contributed by atoms with Gasteiger partial charge >= 0.3 is 0 Å². The van der Waals surface area contributed by atoms with E-state index in [1.54, 1.807) is 30.0 Å². The number of nitrogens with zero attached hydrogens (tertiary/aromatic N) is 3. The molecular formula is C13H18N4OS. The molecule has 0 aliphatic heterocycles. The van der Waals surface area contributed by atoms with Gasteiger partial charge in [0, 0.05) is 5.75 Å². The summed E-state index contributed by atoms with van der Waals surface area (Å²) in [5.74, 6) is 8.22. The van der Waals surface area contributed by atoms with Gasteiger partial charge in [-0.25, -0.2) is 4.68 Å². The van der Waals surface area contributed by atoms with Crippen molar-refractivity contribution in [3.8, 4) is 17.1 Å². The fraction of sp³-hybridized carbons (Fsp3) is 0.385. The van der Waals surface area contributed by atoms with E-state index in [0.29, 0.717) is 22.5 Å². The van der Waals surface area contributed by atoms with Crippen molar-refractivity contribution in [1.29, 1.82) is 0 Å². The number of benzene rings is 1. The first kappa shape index (κ1) is 13.7. The van der Waals surface area contributed by atoms with Gasteiger partial charge in [0.2, 0.25) is 5.16 Å². The smallest absolute Gasteiger partial charge is 0.210 e. The maximum absolute atomic E-state index is 9.80. The van der Waals surface area contributed by atoms with Gasteiger partial charge in [0.25, 0.3) is 0 Å². The molecular weight excluding hydrogens is 260 g/mol. The Balaban J connectivity index is 2.17. The number of hydrogen-bond donors (Lipinski definition) is 2. The van der Waals surface area contributed by atoms with Gasteiger partial charge in [0.05, 0.1) is 5.56 Å². The first-order valence-corrected chi connectivity index (χ1v) is 7.19. The first-order valence-electron chi connectivity index (χ1n) is 6.21. The summed E-state index contributed by atoms with van der Waals surface area (Å²) in [5.41, 5.74) is 0.591. The minimum absolute atomic E-state index is 0.153. The quantitative estimate of drug-likeness (QED) is 0.649. The lowest BCUT2D eigenvalue weighted by Gasteiger charge is -2.06. The van der Waals surface area contributed by atoms with E-state index in [1.807, 2.05) is 6.07 Å². The number of thioether (sulfide) groups is 1. The Morgan fingerprint density at radius 1 is 1.32 bits per heavy atom. The Morgan fingerprint density at radius 3 is 2.74 bits per heavy atom. The van der Waals surface area contributed by atoms with Crippen molar-refractivity contribution < 1.29 is 5.11 Å². The maximum Gasteiger partial charge on any atom is 0.210 e. The molecule has 2 aromatic rings. The number of rotatable bonds is 5. The number of para-hydroxylation sites is 1. The number of phenolic OH excluding ortho intramolecular Hbond substituents is 1. The summed E-state index contributed by atoms with van der Waals surface area (Å²) in [6.45, 7) is 4.36. The van der Waals surface area contributed by atoms with Gasteiger partial charge in [-0.3, -0.25) is 0 Å². The largest absolute Gasteiger partial charge is 0.507 e. The fourth-order valence-corrected chi connectivity index (χ4v) is 2.70. The fourth-order valence-electron chi connectivity index (χ4n) is 1.61. The lowest BCUT2D eigenvalue weighted by atomic mass is 10.2. The van der Waals surface area contributed by atoms with Crippen LogP contribution in [0.4, 0.5) is 0 Å². The van der Waals surface area contributed by atoms with Gasteiger partial charge in [0.15, 0.2) is 5.82 Å². The Morgan fingerprint density at radius 2 is 2.05 bits per heavy atom. The number of phenols is 1. The molecule has 0 bridgehead atoms. The van der Waals surface area contributed by atoms with Gasteiger partial charge in [0.1, 0.15) is 5.75 Å². The molecule has 1 heterocycles. The second-order valence-electron chi connectivity index (χ2n) is 4.72. The molecule has 2 rings (SSSR count). The summed E-state index contributed by atoms with van der Waals surface area (Å²) in [5, 5.41) is 18.6. The molecule has 0 atom stereocenters. The van der Waals surface area contributed by atoms with E-state index in [0.717, 1.165) is 12.2 Å². The Bertz CT molecular complexity index is 553. The normalized spacial score (nSPS) is 11.1. The molecule has 0 fully saturated rings. The third-order valence-electron chi connectivity index (χ3n) is 2.74. The van der Waals surface area contributed by atoms with E-state index in [-0.39, 0.29) is 5.75 Å². The van der Waals surface area contributed by atoms with E-state index in [9.17, 15) is 5.11 Å². The van der Waals surface area contributed by atoms with Gasteiger partial charge < -0.3 is 10.9 Å². The van der Waals surface area contributed by atoms with Crippen LogP contribution in [0.1, 0.15) is 20.3 Å². The van der Waals surface area contributed by atoms with Crippen LogP contribution in [0, 0.1) is 5.92 Å². The molecule has 0 unspecified atom stereocenters. The van der Waals surface area contributed by atoms with E-state index in [4.69, 9.17) is 5.84 Å². The van der Waals surface area contributed by atoms with Crippen LogP contribution >= 0.6 is 11.8 Å². The topological polar surface area (TPSA) is 77.0 Å². The van der Waals surface area contributed by atoms with Crippen molar-refractivity contribution in [3.05, 3.63) is 24.3 Å². The Hall–Kier alpha value is -1.69. The maximum atomic E-state index is 9.80. The minimum atomic E-state index is 0.153. The highest BCUT2D eigenvalue weighted by atomic mass is 32.2.